The van der Waals surface area contributed by atoms with Crippen molar-refractivity contribution < 1.29 is 14.0 Å². The van der Waals surface area contributed by atoms with E-state index in [1.54, 1.807) is 0 Å². The topological polar surface area (TPSA) is 35.5 Å². The lowest BCUT2D eigenvalue weighted by Gasteiger charge is -2.11. The van der Waals surface area contributed by atoms with Crippen LogP contribution in [0, 0.1) is 0 Å². The van der Waals surface area contributed by atoms with E-state index in [2.05, 4.69) is 6.58 Å². The number of carbonyl (C=O) groups is 1. The molecule has 0 spiro atoms. The monoisotopic (exact) mass is 298 g/mol. The zero-order chi connectivity index (χ0) is 15.1. The Morgan fingerprint density at radius 3 is 2.35 bits per heavy atom. The Labute approximate surface area is 127 Å². The molecule has 116 valence electrons. The van der Waals surface area contributed by atoms with Crippen molar-refractivity contribution in [3.05, 3.63) is 12.7 Å². The summed E-state index contributed by atoms with van der Waals surface area (Å²) >= 11 is 0. The Balaban J connectivity index is 3.16. The Morgan fingerprint density at radius 1 is 1.15 bits per heavy atom. The molecule has 0 N–H and O–H groups in total. The maximum atomic E-state index is 11.0. The number of hydrogen-bond donors (Lipinski definition) is 0. The second-order valence-corrected chi connectivity index (χ2v) is 6.12. The Kier molecular flexibility index (Phi) is 14.3. The maximum Gasteiger partial charge on any atom is 0.330 e. The predicted molar refractivity (Wildman–Crippen MR) is 84.9 cm³/mol. The van der Waals surface area contributed by atoms with E-state index < -0.39 is 0 Å². The van der Waals surface area contributed by atoms with Gasteiger partial charge in [-0.05, 0) is 32.7 Å². The molecule has 3 nitrogen and oxygen atoms in total. The van der Waals surface area contributed by atoms with Crippen molar-refractivity contribution in [3.8, 4) is 0 Å². The molecule has 0 aliphatic carbocycles. The largest absolute Gasteiger partial charge is 0.460 e. The van der Waals surface area contributed by atoms with E-state index in [-0.39, 0.29) is 12.1 Å². The molecule has 0 bridgehead atoms. The van der Waals surface area contributed by atoms with E-state index >= 15 is 0 Å². The van der Waals surface area contributed by atoms with Crippen LogP contribution in [0.1, 0.15) is 65.2 Å². The molecule has 2 radical (unpaired) electrons. The standard InChI is InChI=1S/C16H30O3Si/c1-4-16(17)19-15(3)13-11-9-7-6-8-10-12-14-20-18-5-2/h4,15H,1,5-14H2,2-3H3. The summed E-state index contributed by atoms with van der Waals surface area (Å²) in [7, 11) is 0.690. The van der Waals surface area contributed by atoms with Crippen molar-refractivity contribution in [2.45, 2.75) is 77.4 Å². The third kappa shape index (κ3) is 13.8. The molecule has 0 aliphatic heterocycles. The van der Waals surface area contributed by atoms with Crippen LogP contribution in [0.5, 0.6) is 0 Å². The highest BCUT2D eigenvalue weighted by Crippen LogP contribution is 2.12. The van der Waals surface area contributed by atoms with Gasteiger partial charge in [0.05, 0.1) is 6.10 Å². The molecule has 0 fully saturated rings. The highest BCUT2D eigenvalue weighted by atomic mass is 28.2. The van der Waals surface area contributed by atoms with Crippen molar-refractivity contribution >= 4 is 15.7 Å². The SMILES string of the molecule is C=CC(=O)OC(C)CCCCCCCCC[Si]OCC. The van der Waals surface area contributed by atoms with Crippen LogP contribution in [0.2, 0.25) is 6.04 Å². The summed E-state index contributed by atoms with van der Waals surface area (Å²) < 4.78 is 10.5. The molecule has 20 heavy (non-hydrogen) atoms. The first-order chi connectivity index (χ1) is 9.70. The number of rotatable bonds is 14. The average Bonchev–Trinajstić information content (AvgIpc) is 2.44. The molecule has 0 aromatic heterocycles. The van der Waals surface area contributed by atoms with Crippen LogP contribution in [-0.4, -0.2) is 28.4 Å². The van der Waals surface area contributed by atoms with E-state index in [9.17, 15) is 4.79 Å². The molecule has 1 atom stereocenters. The average molecular weight is 298 g/mol. The Morgan fingerprint density at radius 2 is 1.75 bits per heavy atom. The van der Waals surface area contributed by atoms with Gasteiger partial charge in [-0.3, -0.25) is 0 Å². The molecule has 0 saturated heterocycles. The summed E-state index contributed by atoms with van der Waals surface area (Å²) in [4.78, 5) is 11.0. The van der Waals surface area contributed by atoms with E-state index in [0.717, 1.165) is 19.4 Å². The minimum Gasteiger partial charge on any atom is -0.460 e. The van der Waals surface area contributed by atoms with Crippen LogP contribution in [0.3, 0.4) is 0 Å². The highest BCUT2D eigenvalue weighted by molar-refractivity contribution is 6.26. The first kappa shape index (κ1) is 19.4. The predicted octanol–water partition coefficient (Wildman–Crippen LogP) is 4.30. The molecule has 0 saturated carbocycles. The normalized spacial score (nSPS) is 12.1. The number of esters is 1. The second kappa shape index (κ2) is 14.8. The fourth-order valence-electron chi connectivity index (χ4n) is 1.99. The molecular formula is C16H30O3Si. The van der Waals surface area contributed by atoms with Crippen molar-refractivity contribution in [2.75, 3.05) is 6.61 Å². The van der Waals surface area contributed by atoms with Crippen LogP contribution in [0.25, 0.3) is 0 Å². The molecule has 0 aliphatic rings. The van der Waals surface area contributed by atoms with Gasteiger partial charge in [-0.15, -0.1) is 0 Å². The van der Waals surface area contributed by atoms with Gasteiger partial charge in [0.2, 0.25) is 9.76 Å². The van der Waals surface area contributed by atoms with Gasteiger partial charge in [-0.2, -0.15) is 0 Å². The molecule has 0 amide bonds. The quantitative estimate of drug-likeness (QED) is 0.208. The van der Waals surface area contributed by atoms with Crippen LogP contribution in [0.15, 0.2) is 12.7 Å². The third-order valence-corrected chi connectivity index (χ3v) is 4.17. The lowest BCUT2D eigenvalue weighted by atomic mass is 10.1. The van der Waals surface area contributed by atoms with Gasteiger partial charge in [0, 0.05) is 12.7 Å². The molecule has 0 rings (SSSR count). The lowest BCUT2D eigenvalue weighted by Crippen LogP contribution is -2.12. The summed E-state index contributed by atoms with van der Waals surface area (Å²) in [6.45, 7) is 8.23. The number of unbranched alkanes of at least 4 members (excludes halogenated alkanes) is 6. The number of hydrogen-bond acceptors (Lipinski definition) is 3. The van der Waals surface area contributed by atoms with Gasteiger partial charge in [0.25, 0.3) is 0 Å². The van der Waals surface area contributed by atoms with Gasteiger partial charge < -0.3 is 9.16 Å². The van der Waals surface area contributed by atoms with Gasteiger partial charge >= 0.3 is 5.97 Å². The zero-order valence-electron chi connectivity index (χ0n) is 13.2. The summed E-state index contributed by atoms with van der Waals surface area (Å²) in [5, 5.41) is 0. The van der Waals surface area contributed by atoms with Gasteiger partial charge in [0.1, 0.15) is 0 Å². The first-order valence-corrected chi connectivity index (χ1v) is 9.00. The minimum atomic E-state index is -0.315. The van der Waals surface area contributed by atoms with Gasteiger partial charge in [-0.25, -0.2) is 4.79 Å². The summed E-state index contributed by atoms with van der Waals surface area (Å²) in [5.74, 6) is -0.315. The number of ether oxygens (including phenoxy) is 1. The Hall–Kier alpha value is -0.613. The van der Waals surface area contributed by atoms with Gasteiger partial charge in [-0.1, -0.05) is 45.1 Å². The molecule has 4 heteroatoms. The van der Waals surface area contributed by atoms with Crippen LogP contribution in [-0.2, 0) is 14.0 Å². The van der Waals surface area contributed by atoms with Crippen LogP contribution < -0.4 is 0 Å². The molecular weight excluding hydrogens is 268 g/mol. The van der Waals surface area contributed by atoms with E-state index in [0.29, 0.717) is 9.76 Å². The summed E-state index contributed by atoms with van der Waals surface area (Å²) in [6, 6.07) is 1.22. The van der Waals surface area contributed by atoms with Crippen molar-refractivity contribution in [1.29, 1.82) is 0 Å². The van der Waals surface area contributed by atoms with Crippen molar-refractivity contribution in [3.63, 3.8) is 0 Å². The molecule has 0 heterocycles. The summed E-state index contributed by atoms with van der Waals surface area (Å²) in [5.41, 5.74) is 0. The molecule has 0 aromatic carbocycles. The Bertz CT molecular complexity index is 244. The highest BCUT2D eigenvalue weighted by Gasteiger charge is 2.05. The van der Waals surface area contributed by atoms with Crippen molar-refractivity contribution in [1.82, 2.24) is 0 Å². The van der Waals surface area contributed by atoms with Crippen LogP contribution >= 0.6 is 0 Å². The number of carbonyl (C=O) groups excluding carboxylic acids is 1. The fourth-order valence-corrected chi connectivity index (χ4v) is 2.74. The smallest absolute Gasteiger partial charge is 0.330 e. The zero-order valence-corrected chi connectivity index (χ0v) is 14.2. The molecule has 1 unspecified atom stereocenters. The van der Waals surface area contributed by atoms with E-state index in [4.69, 9.17) is 9.16 Å². The van der Waals surface area contributed by atoms with Gasteiger partial charge in [0.15, 0.2) is 0 Å². The lowest BCUT2D eigenvalue weighted by molar-refractivity contribution is -0.142. The fraction of sp³-hybridized carbons (Fsp3) is 0.812. The van der Waals surface area contributed by atoms with Crippen molar-refractivity contribution in [2.24, 2.45) is 0 Å². The van der Waals surface area contributed by atoms with E-state index in [1.807, 2.05) is 13.8 Å². The van der Waals surface area contributed by atoms with Crippen LogP contribution in [0.4, 0.5) is 0 Å². The first-order valence-electron chi connectivity index (χ1n) is 7.88. The molecule has 0 aromatic rings. The van der Waals surface area contributed by atoms with E-state index in [1.165, 1.54) is 50.6 Å². The third-order valence-electron chi connectivity index (χ3n) is 3.12. The maximum absolute atomic E-state index is 11.0. The minimum absolute atomic E-state index is 0.0139. The summed E-state index contributed by atoms with van der Waals surface area (Å²) in [6.07, 6.45) is 11.1. The second-order valence-electron chi connectivity index (χ2n) is 5.04.